The van der Waals surface area contributed by atoms with Gasteiger partial charge >= 0.3 is 0 Å². The summed E-state index contributed by atoms with van der Waals surface area (Å²) in [6.07, 6.45) is 0. The molecule has 9 heteroatoms. The molecule has 0 spiro atoms. The van der Waals surface area contributed by atoms with E-state index in [0.717, 1.165) is 4.90 Å². The van der Waals surface area contributed by atoms with Crippen molar-refractivity contribution in [2.75, 3.05) is 10.2 Å². The molecular weight excluding hydrogens is 406 g/mol. The van der Waals surface area contributed by atoms with E-state index in [4.69, 9.17) is 5.14 Å². The Bertz CT molecular complexity index is 1250. The van der Waals surface area contributed by atoms with E-state index in [1.54, 1.807) is 24.3 Å². The third kappa shape index (κ3) is 3.47. The van der Waals surface area contributed by atoms with E-state index in [1.165, 1.54) is 48.5 Å². The lowest BCUT2D eigenvalue weighted by Gasteiger charge is -2.14. The van der Waals surface area contributed by atoms with Crippen molar-refractivity contribution in [2.24, 2.45) is 5.14 Å². The van der Waals surface area contributed by atoms with E-state index in [2.05, 4.69) is 5.32 Å². The number of anilines is 2. The van der Waals surface area contributed by atoms with Crippen LogP contribution in [0, 0.1) is 0 Å². The number of primary sulfonamides is 1. The summed E-state index contributed by atoms with van der Waals surface area (Å²) in [7, 11) is -3.81. The molecule has 3 aromatic rings. The summed E-state index contributed by atoms with van der Waals surface area (Å²) in [5.74, 6) is -1.27. The summed E-state index contributed by atoms with van der Waals surface area (Å²) in [4.78, 5) is 38.5. The van der Waals surface area contributed by atoms with Crippen LogP contribution in [0.2, 0.25) is 0 Å². The van der Waals surface area contributed by atoms with Crippen molar-refractivity contribution < 1.29 is 22.8 Å². The van der Waals surface area contributed by atoms with Crippen molar-refractivity contribution in [1.29, 1.82) is 0 Å². The Morgan fingerprint density at radius 3 is 1.83 bits per heavy atom. The van der Waals surface area contributed by atoms with Gasteiger partial charge in [-0.1, -0.05) is 12.1 Å². The first kappa shape index (κ1) is 19.5. The van der Waals surface area contributed by atoms with E-state index in [9.17, 15) is 22.8 Å². The standard InChI is InChI=1S/C21H15N3O5S/c22-30(28,29)16-11-7-14(8-12-16)23-19(25)13-5-9-15(10-6-13)24-20(26)17-3-1-2-4-18(17)21(24)27/h1-12H,(H,23,25)(H2,22,28,29). The first-order valence-corrected chi connectivity index (χ1v) is 10.3. The second-order valence-corrected chi connectivity index (χ2v) is 8.12. The third-order valence-electron chi connectivity index (χ3n) is 4.62. The average molecular weight is 421 g/mol. The highest BCUT2D eigenvalue weighted by atomic mass is 32.2. The molecule has 3 amide bonds. The number of nitrogens with one attached hydrogen (secondary N) is 1. The van der Waals surface area contributed by atoms with E-state index in [-0.39, 0.29) is 4.90 Å². The summed E-state index contributed by atoms with van der Waals surface area (Å²) >= 11 is 0. The number of rotatable bonds is 4. The van der Waals surface area contributed by atoms with Gasteiger partial charge in [-0.3, -0.25) is 14.4 Å². The highest BCUT2D eigenvalue weighted by molar-refractivity contribution is 7.89. The van der Waals surface area contributed by atoms with Crippen LogP contribution >= 0.6 is 0 Å². The lowest BCUT2D eigenvalue weighted by molar-refractivity contribution is 0.0925. The zero-order chi connectivity index (χ0) is 21.5. The maximum Gasteiger partial charge on any atom is 0.266 e. The number of imide groups is 1. The Kier molecular flexibility index (Phi) is 4.69. The minimum Gasteiger partial charge on any atom is -0.322 e. The summed E-state index contributed by atoms with van der Waals surface area (Å²) in [6.45, 7) is 0. The molecule has 0 unspecified atom stereocenters. The second-order valence-electron chi connectivity index (χ2n) is 6.56. The van der Waals surface area contributed by atoms with Crippen molar-refractivity contribution in [2.45, 2.75) is 4.90 Å². The van der Waals surface area contributed by atoms with E-state index in [0.29, 0.717) is 28.1 Å². The van der Waals surface area contributed by atoms with Gasteiger partial charge in [-0.2, -0.15) is 0 Å². The lowest BCUT2D eigenvalue weighted by atomic mass is 10.1. The summed E-state index contributed by atoms with van der Waals surface area (Å²) in [5, 5.41) is 7.68. The predicted octanol–water partition coefficient (Wildman–Crippen LogP) is 2.39. The Morgan fingerprint density at radius 2 is 1.33 bits per heavy atom. The zero-order valence-corrected chi connectivity index (χ0v) is 16.2. The maximum atomic E-state index is 12.5. The summed E-state index contributed by atoms with van der Waals surface area (Å²) < 4.78 is 22.6. The molecule has 1 aliphatic heterocycles. The van der Waals surface area contributed by atoms with Crippen LogP contribution in [0.25, 0.3) is 0 Å². The van der Waals surface area contributed by atoms with Gasteiger partial charge in [0.2, 0.25) is 10.0 Å². The second kappa shape index (κ2) is 7.21. The molecule has 0 saturated carbocycles. The molecule has 0 saturated heterocycles. The van der Waals surface area contributed by atoms with Gasteiger partial charge in [0.25, 0.3) is 17.7 Å². The molecule has 0 aromatic heterocycles. The van der Waals surface area contributed by atoms with Crippen molar-refractivity contribution in [3.8, 4) is 0 Å². The molecule has 0 radical (unpaired) electrons. The van der Waals surface area contributed by atoms with Crippen LogP contribution in [-0.4, -0.2) is 26.1 Å². The molecule has 3 N–H and O–H groups in total. The Balaban J connectivity index is 1.51. The van der Waals surface area contributed by atoms with Gasteiger partial charge in [0.15, 0.2) is 0 Å². The zero-order valence-electron chi connectivity index (χ0n) is 15.4. The molecule has 1 aliphatic rings. The van der Waals surface area contributed by atoms with E-state index in [1.807, 2.05) is 0 Å². The molecule has 0 bridgehead atoms. The molecule has 3 aromatic carbocycles. The number of carbonyl (C=O) groups excluding carboxylic acids is 3. The number of hydrogen-bond donors (Lipinski definition) is 2. The summed E-state index contributed by atoms with van der Waals surface area (Å²) in [5.41, 5.74) is 1.72. The number of benzene rings is 3. The normalized spacial score (nSPS) is 13.3. The smallest absolute Gasteiger partial charge is 0.266 e. The van der Waals surface area contributed by atoms with Crippen LogP contribution < -0.4 is 15.4 Å². The van der Waals surface area contributed by atoms with Crippen molar-refractivity contribution in [1.82, 2.24) is 0 Å². The van der Waals surface area contributed by atoms with Crippen LogP contribution in [0.15, 0.2) is 77.7 Å². The number of nitrogens with zero attached hydrogens (tertiary/aromatic N) is 1. The molecule has 150 valence electrons. The Morgan fingerprint density at radius 1 is 0.800 bits per heavy atom. The van der Waals surface area contributed by atoms with Crippen LogP contribution in [0.5, 0.6) is 0 Å². The summed E-state index contributed by atoms with van der Waals surface area (Å²) in [6, 6.07) is 18.0. The molecule has 0 atom stereocenters. The quantitative estimate of drug-likeness (QED) is 0.626. The number of sulfonamides is 1. The monoisotopic (exact) mass is 421 g/mol. The van der Waals surface area contributed by atoms with E-state index >= 15 is 0 Å². The van der Waals surface area contributed by atoms with Crippen LogP contribution in [0.4, 0.5) is 11.4 Å². The van der Waals surface area contributed by atoms with Gasteiger partial charge in [0.05, 0.1) is 21.7 Å². The van der Waals surface area contributed by atoms with Gasteiger partial charge < -0.3 is 5.32 Å². The highest BCUT2D eigenvalue weighted by Crippen LogP contribution is 2.28. The van der Waals surface area contributed by atoms with Crippen molar-refractivity contribution in [3.05, 3.63) is 89.5 Å². The van der Waals surface area contributed by atoms with Gasteiger partial charge in [-0.15, -0.1) is 0 Å². The van der Waals surface area contributed by atoms with Gasteiger partial charge in [-0.05, 0) is 60.7 Å². The minimum atomic E-state index is -3.81. The fourth-order valence-corrected chi connectivity index (χ4v) is 3.63. The molecule has 0 aliphatic carbocycles. The fourth-order valence-electron chi connectivity index (χ4n) is 3.12. The topological polar surface area (TPSA) is 127 Å². The lowest BCUT2D eigenvalue weighted by Crippen LogP contribution is -2.29. The molecule has 8 nitrogen and oxygen atoms in total. The molecule has 4 rings (SSSR count). The number of hydrogen-bond acceptors (Lipinski definition) is 5. The fraction of sp³-hybridized carbons (Fsp3) is 0. The van der Waals surface area contributed by atoms with Gasteiger partial charge in [0, 0.05) is 11.3 Å². The maximum absolute atomic E-state index is 12.5. The van der Waals surface area contributed by atoms with Crippen LogP contribution in [0.1, 0.15) is 31.1 Å². The SMILES string of the molecule is NS(=O)(=O)c1ccc(NC(=O)c2ccc(N3C(=O)c4ccccc4C3=O)cc2)cc1. The van der Waals surface area contributed by atoms with Crippen molar-refractivity contribution in [3.63, 3.8) is 0 Å². The number of carbonyl (C=O) groups is 3. The molecule has 0 fully saturated rings. The molecule has 1 heterocycles. The first-order valence-electron chi connectivity index (χ1n) is 8.78. The van der Waals surface area contributed by atoms with Crippen LogP contribution in [0.3, 0.4) is 0 Å². The molecule has 30 heavy (non-hydrogen) atoms. The average Bonchev–Trinajstić information content (AvgIpc) is 2.98. The van der Waals surface area contributed by atoms with E-state index < -0.39 is 27.7 Å². The minimum absolute atomic E-state index is 0.0641. The van der Waals surface area contributed by atoms with Gasteiger partial charge in [-0.25, -0.2) is 18.5 Å². The van der Waals surface area contributed by atoms with Crippen molar-refractivity contribution >= 4 is 39.1 Å². The third-order valence-corrected chi connectivity index (χ3v) is 5.55. The highest BCUT2D eigenvalue weighted by Gasteiger charge is 2.36. The van der Waals surface area contributed by atoms with Gasteiger partial charge in [0.1, 0.15) is 0 Å². The number of fused-ring (bicyclic) bond motifs is 1. The number of nitrogens with two attached hydrogens (primary N) is 1. The molecular formula is C21H15N3O5S. The predicted molar refractivity (Wildman–Crippen MR) is 110 cm³/mol. The number of amides is 3. The Labute approximate surface area is 172 Å². The largest absolute Gasteiger partial charge is 0.322 e. The van der Waals surface area contributed by atoms with Crippen LogP contribution in [-0.2, 0) is 10.0 Å². The Hall–Kier alpha value is -3.82. The first-order chi connectivity index (χ1) is 14.3.